The SMILES string of the molecule is CC(C)C[N]([Re])CC1CCNC1. The second-order valence-corrected chi connectivity index (χ2v) is 5.80. The molecular weight excluding hydrogens is 322 g/mol. The summed E-state index contributed by atoms with van der Waals surface area (Å²) in [5, 5.41) is 3.41. The van der Waals surface area contributed by atoms with Crippen LogP contribution in [-0.4, -0.2) is 29.7 Å². The van der Waals surface area contributed by atoms with Crippen LogP contribution in [0, 0.1) is 11.8 Å². The van der Waals surface area contributed by atoms with E-state index in [0.29, 0.717) is 0 Å². The molecule has 1 aliphatic heterocycles. The number of hydrogen-bond donors (Lipinski definition) is 1. The van der Waals surface area contributed by atoms with Gasteiger partial charge in [0.25, 0.3) is 0 Å². The van der Waals surface area contributed by atoms with Crippen molar-refractivity contribution >= 4 is 0 Å². The van der Waals surface area contributed by atoms with E-state index in [1.165, 1.54) is 32.6 Å². The van der Waals surface area contributed by atoms with Crippen LogP contribution in [0.15, 0.2) is 0 Å². The molecule has 1 rings (SSSR count). The number of hydrogen-bond acceptors (Lipinski definition) is 2. The molecule has 0 radical (unpaired) electrons. The first kappa shape index (κ1) is 10.7. The summed E-state index contributed by atoms with van der Waals surface area (Å²) < 4.78 is 2.52. The van der Waals surface area contributed by atoms with Crippen molar-refractivity contribution in [2.75, 3.05) is 26.2 Å². The summed E-state index contributed by atoms with van der Waals surface area (Å²) in [7, 11) is 0. The maximum atomic E-state index is 3.41. The predicted molar refractivity (Wildman–Crippen MR) is 47.4 cm³/mol. The van der Waals surface area contributed by atoms with Crippen molar-refractivity contribution in [3.63, 3.8) is 0 Å². The number of nitrogens with zero attached hydrogens (tertiary/aromatic N) is 1. The van der Waals surface area contributed by atoms with E-state index < -0.39 is 0 Å². The average Bonchev–Trinajstić information content (AvgIpc) is 2.37. The molecular formula is C9H19N2Re. The Balaban J connectivity index is 2.11. The number of rotatable bonds is 4. The van der Waals surface area contributed by atoms with Crippen LogP contribution in [0.5, 0.6) is 0 Å². The third kappa shape index (κ3) is 4.00. The summed E-state index contributed by atoms with van der Waals surface area (Å²) in [6, 6.07) is 0. The molecule has 1 saturated heterocycles. The maximum absolute atomic E-state index is 3.41. The molecule has 1 atom stereocenters. The van der Waals surface area contributed by atoms with Gasteiger partial charge in [0.05, 0.1) is 0 Å². The number of nitrogens with one attached hydrogen (secondary N) is 1. The topological polar surface area (TPSA) is 15.3 Å². The van der Waals surface area contributed by atoms with Crippen LogP contribution in [0.2, 0.25) is 0 Å². The van der Waals surface area contributed by atoms with Gasteiger partial charge in [-0.3, -0.25) is 0 Å². The van der Waals surface area contributed by atoms with E-state index >= 15 is 0 Å². The first-order chi connectivity index (χ1) is 5.68. The second-order valence-electron chi connectivity index (χ2n) is 4.08. The molecule has 3 heteroatoms. The summed E-state index contributed by atoms with van der Waals surface area (Å²) in [4.78, 5) is 0. The molecule has 0 amide bonds. The Kier molecular flexibility index (Phi) is 4.75. The molecule has 1 aliphatic rings. The molecule has 0 saturated carbocycles. The van der Waals surface area contributed by atoms with E-state index in [4.69, 9.17) is 0 Å². The van der Waals surface area contributed by atoms with E-state index in [1.54, 1.807) is 0 Å². The Morgan fingerprint density at radius 1 is 1.58 bits per heavy atom. The van der Waals surface area contributed by atoms with Gasteiger partial charge in [0.2, 0.25) is 0 Å². The molecule has 1 heterocycles. The molecule has 1 N–H and O–H groups in total. The fourth-order valence-corrected chi connectivity index (χ4v) is 3.31. The fourth-order valence-electron chi connectivity index (χ4n) is 1.62. The van der Waals surface area contributed by atoms with Crippen molar-refractivity contribution in [3.05, 3.63) is 0 Å². The van der Waals surface area contributed by atoms with E-state index in [1.807, 2.05) is 19.4 Å². The van der Waals surface area contributed by atoms with E-state index in [2.05, 4.69) is 22.7 Å². The Morgan fingerprint density at radius 2 is 2.33 bits per heavy atom. The van der Waals surface area contributed by atoms with Crippen molar-refractivity contribution in [2.24, 2.45) is 11.8 Å². The first-order valence-electron chi connectivity index (χ1n) is 4.80. The van der Waals surface area contributed by atoms with Crippen molar-refractivity contribution in [1.29, 1.82) is 0 Å². The summed E-state index contributed by atoms with van der Waals surface area (Å²) in [5.74, 6) is 1.72. The first-order valence-corrected chi connectivity index (χ1v) is 6.01. The summed E-state index contributed by atoms with van der Waals surface area (Å²) in [5.41, 5.74) is 0. The standard InChI is InChI=1S/C9H19N2.Re/c1-8(2)5-11-7-9-3-4-10-6-9;/h8-10H,3-7H2,1-2H3;/q-1;+1. The van der Waals surface area contributed by atoms with Gasteiger partial charge in [-0.15, -0.1) is 0 Å². The molecule has 72 valence electrons. The van der Waals surface area contributed by atoms with Gasteiger partial charge in [0, 0.05) is 0 Å². The Morgan fingerprint density at radius 3 is 2.83 bits per heavy atom. The van der Waals surface area contributed by atoms with Crippen LogP contribution in [0.3, 0.4) is 0 Å². The molecule has 0 spiro atoms. The summed E-state index contributed by atoms with van der Waals surface area (Å²) in [6.45, 7) is 9.59. The van der Waals surface area contributed by atoms with Gasteiger partial charge in [0.1, 0.15) is 0 Å². The second kappa shape index (κ2) is 5.34. The minimum atomic E-state index is 0.810. The van der Waals surface area contributed by atoms with Crippen LogP contribution in [0.4, 0.5) is 0 Å². The Hall–Kier alpha value is 0.582. The van der Waals surface area contributed by atoms with Crippen molar-refractivity contribution in [2.45, 2.75) is 20.3 Å². The van der Waals surface area contributed by atoms with E-state index in [9.17, 15) is 0 Å². The van der Waals surface area contributed by atoms with Gasteiger partial charge < -0.3 is 0 Å². The Bertz CT molecular complexity index is 122. The zero-order chi connectivity index (χ0) is 8.97. The molecule has 0 aromatic heterocycles. The minimum absolute atomic E-state index is 0.810. The average molecular weight is 341 g/mol. The molecule has 0 aliphatic carbocycles. The molecule has 0 bridgehead atoms. The van der Waals surface area contributed by atoms with Crippen LogP contribution in [0.25, 0.3) is 0 Å². The molecule has 0 aromatic carbocycles. The van der Waals surface area contributed by atoms with Crippen LogP contribution >= 0.6 is 0 Å². The van der Waals surface area contributed by atoms with Crippen LogP contribution < -0.4 is 5.32 Å². The Labute approximate surface area is 86.8 Å². The quantitative estimate of drug-likeness (QED) is 0.821. The van der Waals surface area contributed by atoms with Crippen molar-refractivity contribution in [3.8, 4) is 0 Å². The summed E-state index contributed by atoms with van der Waals surface area (Å²) >= 11 is 1.83. The van der Waals surface area contributed by atoms with Gasteiger partial charge in [-0.1, -0.05) is 0 Å². The third-order valence-electron chi connectivity index (χ3n) is 2.18. The predicted octanol–water partition coefficient (Wildman–Crippen LogP) is 1.02. The monoisotopic (exact) mass is 342 g/mol. The molecule has 0 aromatic rings. The van der Waals surface area contributed by atoms with Crippen LogP contribution in [0.1, 0.15) is 20.3 Å². The van der Waals surface area contributed by atoms with Crippen molar-refractivity contribution in [1.82, 2.24) is 8.85 Å². The van der Waals surface area contributed by atoms with Gasteiger partial charge in [-0.05, 0) is 0 Å². The van der Waals surface area contributed by atoms with E-state index in [-0.39, 0.29) is 0 Å². The zero-order valence-electron chi connectivity index (χ0n) is 8.02. The normalized spacial score (nSPS) is 24.2. The van der Waals surface area contributed by atoms with Gasteiger partial charge in [-0.25, -0.2) is 0 Å². The molecule has 1 fully saturated rings. The fraction of sp³-hybridized carbons (Fsp3) is 1.00. The van der Waals surface area contributed by atoms with Gasteiger partial charge >= 0.3 is 86.6 Å². The van der Waals surface area contributed by atoms with E-state index in [0.717, 1.165) is 11.8 Å². The van der Waals surface area contributed by atoms with Crippen molar-refractivity contribution < 1.29 is 19.4 Å². The molecule has 2 nitrogen and oxygen atoms in total. The molecule has 12 heavy (non-hydrogen) atoms. The van der Waals surface area contributed by atoms with Gasteiger partial charge in [-0.2, -0.15) is 0 Å². The van der Waals surface area contributed by atoms with Crippen LogP contribution in [-0.2, 0) is 19.4 Å². The zero-order valence-corrected chi connectivity index (χ0v) is 10.7. The summed E-state index contributed by atoms with van der Waals surface area (Å²) in [6.07, 6.45) is 1.37. The third-order valence-corrected chi connectivity index (χ3v) is 3.17. The van der Waals surface area contributed by atoms with Gasteiger partial charge in [0.15, 0.2) is 0 Å². The molecule has 1 unspecified atom stereocenters.